The molecule has 38 heavy (non-hydrogen) atoms. The van der Waals surface area contributed by atoms with Crippen LogP contribution in [0.2, 0.25) is 0 Å². The summed E-state index contributed by atoms with van der Waals surface area (Å²) in [5.74, 6) is 1.31. The molecule has 2 aromatic carbocycles. The molecule has 8 heteroatoms. The first-order valence-corrected chi connectivity index (χ1v) is 13.3. The minimum Gasteiger partial charge on any atom is -0.494 e. The van der Waals surface area contributed by atoms with Crippen molar-refractivity contribution in [1.29, 1.82) is 0 Å². The molecule has 6 rings (SSSR count). The van der Waals surface area contributed by atoms with Crippen molar-refractivity contribution in [1.82, 2.24) is 19.4 Å². The maximum Gasteiger partial charge on any atom is 0.227 e. The van der Waals surface area contributed by atoms with Gasteiger partial charge in [-0.2, -0.15) is 0 Å². The molecule has 0 aliphatic carbocycles. The summed E-state index contributed by atoms with van der Waals surface area (Å²) < 4.78 is 8.27. The zero-order chi connectivity index (χ0) is 26.2. The standard InChI is InChI=1S/C30H35N7O/c1-35(2)21-18-36(19-21)27-17-28(38-3)24(16-20(27)8-6-13-31)34-30-32-14-12-23(33-30)29-22-9-4-5-10-25(22)37-15-7-11-26(29)37/h4-6,9-10,12-14,16-17,21H,7-8,11,15,18-19,31H2,1-3H3,(H,32,33,34). The van der Waals surface area contributed by atoms with Crippen LogP contribution in [0.4, 0.5) is 17.3 Å². The number of benzene rings is 2. The molecule has 2 aliphatic heterocycles. The van der Waals surface area contributed by atoms with Gasteiger partial charge in [0.05, 0.1) is 18.5 Å². The molecule has 196 valence electrons. The number of fused-ring (bicyclic) bond motifs is 3. The number of allylic oxidation sites excluding steroid dienone is 1. The third-order valence-electron chi connectivity index (χ3n) is 7.84. The van der Waals surface area contributed by atoms with Gasteiger partial charge in [-0.05, 0) is 63.3 Å². The number of para-hydroxylation sites is 1. The van der Waals surface area contributed by atoms with Crippen molar-refractivity contribution in [3.05, 3.63) is 72.2 Å². The van der Waals surface area contributed by atoms with Gasteiger partial charge in [-0.3, -0.25) is 0 Å². The molecule has 0 spiro atoms. The van der Waals surface area contributed by atoms with Gasteiger partial charge in [-0.1, -0.05) is 24.3 Å². The van der Waals surface area contributed by atoms with Gasteiger partial charge < -0.3 is 30.2 Å². The van der Waals surface area contributed by atoms with Crippen LogP contribution in [0.5, 0.6) is 5.75 Å². The van der Waals surface area contributed by atoms with Crippen LogP contribution >= 0.6 is 0 Å². The predicted molar refractivity (Wildman–Crippen MR) is 154 cm³/mol. The van der Waals surface area contributed by atoms with E-state index in [0.717, 1.165) is 49.6 Å². The first-order valence-electron chi connectivity index (χ1n) is 13.3. The Hall–Kier alpha value is -4.04. The number of nitrogens with two attached hydrogens (primary N) is 1. The van der Waals surface area contributed by atoms with Gasteiger partial charge in [-0.15, -0.1) is 0 Å². The van der Waals surface area contributed by atoms with Gasteiger partial charge >= 0.3 is 0 Å². The Balaban J connectivity index is 1.35. The molecule has 0 amide bonds. The van der Waals surface area contributed by atoms with Crippen LogP contribution in [-0.4, -0.2) is 59.8 Å². The van der Waals surface area contributed by atoms with Crippen LogP contribution in [-0.2, 0) is 19.4 Å². The van der Waals surface area contributed by atoms with Crippen molar-refractivity contribution in [2.45, 2.75) is 31.8 Å². The van der Waals surface area contributed by atoms with Gasteiger partial charge in [0.1, 0.15) is 5.75 Å². The van der Waals surface area contributed by atoms with Gasteiger partial charge in [0.2, 0.25) is 5.95 Å². The Morgan fingerprint density at radius 1 is 1.18 bits per heavy atom. The number of nitrogens with zero attached hydrogens (tertiary/aromatic N) is 5. The summed E-state index contributed by atoms with van der Waals surface area (Å²) in [6.45, 7) is 3.04. The summed E-state index contributed by atoms with van der Waals surface area (Å²) in [7, 11) is 5.97. The smallest absolute Gasteiger partial charge is 0.227 e. The number of anilines is 3. The molecular formula is C30H35N7O. The number of hydrogen-bond donors (Lipinski definition) is 2. The number of ether oxygens (including phenoxy) is 1. The summed E-state index contributed by atoms with van der Waals surface area (Å²) in [6, 6.07) is 15.4. The molecule has 2 aromatic heterocycles. The first-order chi connectivity index (χ1) is 18.6. The lowest BCUT2D eigenvalue weighted by Crippen LogP contribution is -2.57. The van der Waals surface area contributed by atoms with E-state index < -0.39 is 0 Å². The van der Waals surface area contributed by atoms with Crippen molar-refractivity contribution in [2.75, 3.05) is 44.5 Å². The quantitative estimate of drug-likeness (QED) is 0.360. The monoisotopic (exact) mass is 509 g/mol. The lowest BCUT2D eigenvalue weighted by atomic mass is 10.0. The van der Waals surface area contributed by atoms with Crippen molar-refractivity contribution in [3.63, 3.8) is 0 Å². The van der Waals surface area contributed by atoms with Crippen LogP contribution in [0.25, 0.3) is 22.2 Å². The van der Waals surface area contributed by atoms with E-state index in [1.807, 2.05) is 18.3 Å². The van der Waals surface area contributed by atoms with E-state index in [2.05, 4.69) is 75.2 Å². The van der Waals surface area contributed by atoms with Crippen LogP contribution in [0.3, 0.4) is 0 Å². The van der Waals surface area contributed by atoms with Gasteiger partial charge in [0.25, 0.3) is 0 Å². The molecular weight excluding hydrogens is 474 g/mol. The van der Waals surface area contributed by atoms with Crippen molar-refractivity contribution < 1.29 is 4.74 Å². The second-order valence-corrected chi connectivity index (χ2v) is 10.3. The molecule has 8 nitrogen and oxygen atoms in total. The SMILES string of the molecule is COc1cc(N2CC(N(C)C)C2)c(CC=CN)cc1Nc1nccc(-c2c3n(c4ccccc24)CCC3)n1. The molecule has 0 atom stereocenters. The number of methoxy groups -OCH3 is 1. The highest BCUT2D eigenvalue weighted by Gasteiger charge is 2.30. The second-order valence-electron chi connectivity index (χ2n) is 10.3. The van der Waals surface area contributed by atoms with E-state index >= 15 is 0 Å². The lowest BCUT2D eigenvalue weighted by Gasteiger charge is -2.45. The molecule has 0 saturated carbocycles. The number of rotatable bonds is 8. The van der Waals surface area contributed by atoms with E-state index in [1.54, 1.807) is 13.3 Å². The molecule has 0 bridgehead atoms. The average molecular weight is 510 g/mol. The zero-order valence-electron chi connectivity index (χ0n) is 22.3. The summed E-state index contributed by atoms with van der Waals surface area (Å²) in [4.78, 5) is 14.2. The van der Waals surface area contributed by atoms with E-state index in [0.29, 0.717) is 12.0 Å². The van der Waals surface area contributed by atoms with Crippen molar-refractivity contribution in [2.24, 2.45) is 5.73 Å². The Morgan fingerprint density at radius 3 is 2.82 bits per heavy atom. The third kappa shape index (κ3) is 4.24. The predicted octanol–water partition coefficient (Wildman–Crippen LogP) is 4.56. The van der Waals surface area contributed by atoms with E-state index in [4.69, 9.17) is 15.5 Å². The molecule has 1 saturated heterocycles. The van der Waals surface area contributed by atoms with Crippen LogP contribution in [0, 0.1) is 0 Å². The lowest BCUT2D eigenvalue weighted by molar-refractivity contribution is 0.247. The minimum atomic E-state index is 0.549. The number of aromatic nitrogens is 3. The molecule has 1 fully saturated rings. The summed E-state index contributed by atoms with van der Waals surface area (Å²) >= 11 is 0. The largest absolute Gasteiger partial charge is 0.494 e. The van der Waals surface area contributed by atoms with Gasteiger partial charge in [-0.25, -0.2) is 9.97 Å². The van der Waals surface area contributed by atoms with Gasteiger partial charge in [0.15, 0.2) is 0 Å². The highest BCUT2D eigenvalue weighted by molar-refractivity contribution is 5.97. The minimum absolute atomic E-state index is 0.549. The number of hydrogen-bond acceptors (Lipinski definition) is 7. The first kappa shape index (κ1) is 24.3. The average Bonchev–Trinajstić information content (AvgIpc) is 3.48. The summed E-state index contributed by atoms with van der Waals surface area (Å²) in [6.07, 6.45) is 8.38. The molecule has 3 N–H and O–H groups in total. The summed E-state index contributed by atoms with van der Waals surface area (Å²) in [5, 5.41) is 4.70. The maximum absolute atomic E-state index is 5.83. The van der Waals surface area contributed by atoms with Crippen LogP contribution in [0.15, 0.2) is 60.9 Å². The fourth-order valence-electron chi connectivity index (χ4n) is 5.75. The fourth-order valence-corrected chi connectivity index (χ4v) is 5.75. The molecule has 4 aromatic rings. The number of likely N-dealkylation sites (N-methyl/N-ethyl adjacent to an activating group) is 1. The van der Waals surface area contributed by atoms with Crippen LogP contribution in [0.1, 0.15) is 17.7 Å². The second kappa shape index (κ2) is 10.0. The Kier molecular flexibility index (Phi) is 6.41. The normalized spacial score (nSPS) is 15.4. The van der Waals surface area contributed by atoms with E-state index in [-0.39, 0.29) is 0 Å². The van der Waals surface area contributed by atoms with E-state index in [9.17, 15) is 0 Å². The molecule has 4 heterocycles. The molecule has 2 aliphatic rings. The fraction of sp³-hybridized carbons (Fsp3) is 0.333. The van der Waals surface area contributed by atoms with Gasteiger partial charge in [0, 0.05) is 65.8 Å². The third-order valence-corrected chi connectivity index (χ3v) is 7.84. The topological polar surface area (TPSA) is 84.5 Å². The number of nitrogens with one attached hydrogen (secondary N) is 1. The highest BCUT2D eigenvalue weighted by Crippen LogP contribution is 2.40. The Morgan fingerprint density at radius 2 is 2.03 bits per heavy atom. The Labute approximate surface area is 223 Å². The number of aryl methyl sites for hydroxylation is 1. The summed E-state index contributed by atoms with van der Waals surface area (Å²) in [5.41, 5.74) is 13.7. The Bertz CT molecular complexity index is 1500. The molecule has 0 unspecified atom stereocenters. The van der Waals surface area contributed by atoms with E-state index in [1.165, 1.54) is 39.8 Å². The zero-order valence-corrected chi connectivity index (χ0v) is 22.3. The maximum atomic E-state index is 5.83. The molecule has 0 radical (unpaired) electrons. The van der Waals surface area contributed by atoms with Crippen molar-refractivity contribution in [3.8, 4) is 17.0 Å². The van der Waals surface area contributed by atoms with Crippen molar-refractivity contribution >= 4 is 28.2 Å². The van der Waals surface area contributed by atoms with Crippen LogP contribution < -0.4 is 20.7 Å². The highest BCUT2D eigenvalue weighted by atomic mass is 16.5.